The van der Waals surface area contributed by atoms with E-state index in [-0.39, 0.29) is 6.04 Å². The molecular formula is C9H15N3O5. The first-order valence-electron chi connectivity index (χ1n) is 5.12. The van der Waals surface area contributed by atoms with Gasteiger partial charge in [-0.05, 0) is 6.42 Å². The van der Waals surface area contributed by atoms with Crippen LogP contribution in [0.3, 0.4) is 0 Å². The van der Waals surface area contributed by atoms with Crippen molar-refractivity contribution in [3.63, 3.8) is 0 Å². The summed E-state index contributed by atoms with van der Waals surface area (Å²) in [5.41, 5.74) is 0. The highest BCUT2D eigenvalue weighted by atomic mass is 16.5. The lowest BCUT2D eigenvalue weighted by atomic mass is 10.3. The molecule has 0 aromatic carbocycles. The third kappa shape index (κ3) is 4.17. The van der Waals surface area contributed by atoms with Crippen LogP contribution in [0, 0.1) is 0 Å². The molecule has 1 aliphatic rings. The Morgan fingerprint density at radius 3 is 2.76 bits per heavy atom. The van der Waals surface area contributed by atoms with Gasteiger partial charge in [-0.25, -0.2) is 9.59 Å². The predicted octanol–water partition coefficient (Wildman–Crippen LogP) is -0.789. The largest absolute Gasteiger partial charge is 0.480 e. The minimum absolute atomic E-state index is 0.155. The van der Waals surface area contributed by atoms with Crippen LogP contribution in [-0.4, -0.2) is 60.9 Å². The Hall–Kier alpha value is -1.99. The van der Waals surface area contributed by atoms with Gasteiger partial charge in [-0.3, -0.25) is 4.79 Å². The summed E-state index contributed by atoms with van der Waals surface area (Å²) in [6.07, 6.45) is 0.0815. The molecule has 1 fully saturated rings. The van der Waals surface area contributed by atoms with Crippen molar-refractivity contribution in [1.82, 2.24) is 15.5 Å². The Morgan fingerprint density at radius 1 is 1.47 bits per heavy atom. The SMILES string of the molecule is COC(=O)NC1CCN(C(=O)NCC(=O)O)C1. The van der Waals surface area contributed by atoms with E-state index in [9.17, 15) is 14.4 Å². The Balaban J connectivity index is 2.31. The number of carbonyl (C=O) groups is 3. The van der Waals surface area contributed by atoms with E-state index in [0.29, 0.717) is 19.5 Å². The Bertz CT molecular complexity index is 320. The number of hydrogen-bond donors (Lipinski definition) is 3. The van der Waals surface area contributed by atoms with Crippen molar-refractivity contribution in [3.05, 3.63) is 0 Å². The van der Waals surface area contributed by atoms with Crippen LogP contribution in [0.5, 0.6) is 0 Å². The monoisotopic (exact) mass is 245 g/mol. The number of aliphatic carboxylic acids is 1. The molecule has 1 rings (SSSR count). The number of nitrogens with zero attached hydrogens (tertiary/aromatic N) is 1. The van der Waals surface area contributed by atoms with E-state index >= 15 is 0 Å². The molecule has 0 bridgehead atoms. The number of hydrogen-bond acceptors (Lipinski definition) is 4. The van der Waals surface area contributed by atoms with Crippen LogP contribution in [0.2, 0.25) is 0 Å². The first kappa shape index (κ1) is 13.1. The standard InChI is InChI=1S/C9H15N3O5/c1-17-9(16)11-6-2-3-12(5-6)8(15)10-4-7(13)14/h6H,2-5H2,1H3,(H,10,15)(H,11,16)(H,13,14). The van der Waals surface area contributed by atoms with E-state index in [4.69, 9.17) is 5.11 Å². The summed E-state index contributed by atoms with van der Waals surface area (Å²) in [4.78, 5) is 34.1. The molecule has 1 saturated heterocycles. The highest BCUT2D eigenvalue weighted by Crippen LogP contribution is 2.09. The van der Waals surface area contributed by atoms with Gasteiger partial charge in [0.15, 0.2) is 0 Å². The topological polar surface area (TPSA) is 108 Å². The molecule has 1 aliphatic heterocycles. The van der Waals surface area contributed by atoms with Crippen LogP contribution >= 0.6 is 0 Å². The van der Waals surface area contributed by atoms with E-state index in [0.717, 1.165) is 0 Å². The summed E-state index contributed by atoms with van der Waals surface area (Å²) in [6.45, 7) is 0.408. The number of amides is 3. The van der Waals surface area contributed by atoms with Crippen LogP contribution in [0.4, 0.5) is 9.59 Å². The zero-order valence-electron chi connectivity index (χ0n) is 9.43. The lowest BCUT2D eigenvalue weighted by Gasteiger charge is -2.16. The number of carboxylic acids is 1. The van der Waals surface area contributed by atoms with Crippen LogP contribution in [0.25, 0.3) is 0 Å². The molecule has 1 heterocycles. The maximum atomic E-state index is 11.5. The molecule has 3 amide bonds. The summed E-state index contributed by atoms with van der Waals surface area (Å²) in [6, 6.07) is -0.598. The van der Waals surface area contributed by atoms with E-state index < -0.39 is 24.6 Å². The number of nitrogens with one attached hydrogen (secondary N) is 2. The van der Waals surface area contributed by atoms with Crippen molar-refractivity contribution >= 4 is 18.1 Å². The van der Waals surface area contributed by atoms with Crippen molar-refractivity contribution in [2.75, 3.05) is 26.7 Å². The number of urea groups is 1. The molecule has 0 radical (unpaired) electrons. The van der Waals surface area contributed by atoms with Crippen molar-refractivity contribution in [3.8, 4) is 0 Å². The Kier molecular flexibility index (Phi) is 4.56. The zero-order chi connectivity index (χ0) is 12.8. The average molecular weight is 245 g/mol. The second-order valence-corrected chi connectivity index (χ2v) is 3.62. The Labute approximate surface area is 97.9 Å². The van der Waals surface area contributed by atoms with E-state index in [2.05, 4.69) is 15.4 Å². The molecular weight excluding hydrogens is 230 g/mol. The summed E-state index contributed by atoms with van der Waals surface area (Å²) in [7, 11) is 1.27. The maximum Gasteiger partial charge on any atom is 0.407 e. The predicted molar refractivity (Wildman–Crippen MR) is 56.6 cm³/mol. The molecule has 0 aromatic rings. The number of carboxylic acid groups (broad SMARTS) is 1. The summed E-state index contributed by atoms with van der Waals surface area (Å²) in [5, 5.41) is 13.2. The van der Waals surface area contributed by atoms with Crippen molar-refractivity contribution in [2.45, 2.75) is 12.5 Å². The second kappa shape index (κ2) is 5.92. The van der Waals surface area contributed by atoms with E-state index in [1.54, 1.807) is 0 Å². The van der Waals surface area contributed by atoms with Crippen LogP contribution < -0.4 is 10.6 Å². The molecule has 96 valence electrons. The fourth-order valence-corrected chi connectivity index (χ4v) is 1.55. The minimum Gasteiger partial charge on any atom is -0.480 e. The second-order valence-electron chi connectivity index (χ2n) is 3.62. The molecule has 0 aromatic heterocycles. The van der Waals surface area contributed by atoms with Gasteiger partial charge in [-0.1, -0.05) is 0 Å². The fraction of sp³-hybridized carbons (Fsp3) is 0.667. The fourth-order valence-electron chi connectivity index (χ4n) is 1.55. The van der Waals surface area contributed by atoms with Gasteiger partial charge in [0.25, 0.3) is 0 Å². The van der Waals surface area contributed by atoms with Gasteiger partial charge >= 0.3 is 18.1 Å². The number of carbonyl (C=O) groups excluding carboxylic acids is 2. The van der Waals surface area contributed by atoms with Crippen LogP contribution in [-0.2, 0) is 9.53 Å². The zero-order valence-corrected chi connectivity index (χ0v) is 9.43. The highest BCUT2D eigenvalue weighted by molar-refractivity contribution is 5.80. The van der Waals surface area contributed by atoms with Crippen molar-refractivity contribution < 1.29 is 24.2 Å². The molecule has 0 saturated carbocycles. The normalized spacial score (nSPS) is 18.6. The maximum absolute atomic E-state index is 11.5. The third-order valence-electron chi connectivity index (χ3n) is 2.37. The number of likely N-dealkylation sites (tertiary alicyclic amines) is 1. The number of methoxy groups -OCH3 is 1. The van der Waals surface area contributed by atoms with Gasteiger partial charge in [-0.15, -0.1) is 0 Å². The highest BCUT2D eigenvalue weighted by Gasteiger charge is 2.27. The van der Waals surface area contributed by atoms with Crippen LogP contribution in [0.1, 0.15) is 6.42 Å². The first-order valence-corrected chi connectivity index (χ1v) is 5.12. The quantitative estimate of drug-likeness (QED) is 0.604. The summed E-state index contributed by atoms with van der Waals surface area (Å²) >= 11 is 0. The van der Waals surface area contributed by atoms with Gasteiger partial charge in [0.1, 0.15) is 6.54 Å². The van der Waals surface area contributed by atoms with Gasteiger partial charge in [0.05, 0.1) is 13.2 Å². The average Bonchev–Trinajstić information content (AvgIpc) is 2.74. The van der Waals surface area contributed by atoms with Gasteiger partial charge in [0, 0.05) is 13.1 Å². The van der Waals surface area contributed by atoms with Gasteiger partial charge in [-0.2, -0.15) is 0 Å². The molecule has 3 N–H and O–H groups in total. The minimum atomic E-state index is -1.10. The number of alkyl carbamates (subject to hydrolysis) is 1. The first-order chi connectivity index (χ1) is 8.02. The molecule has 8 nitrogen and oxygen atoms in total. The molecule has 1 unspecified atom stereocenters. The van der Waals surface area contributed by atoms with Gasteiger partial charge < -0.3 is 25.4 Å². The van der Waals surface area contributed by atoms with Crippen molar-refractivity contribution in [1.29, 1.82) is 0 Å². The molecule has 0 spiro atoms. The van der Waals surface area contributed by atoms with E-state index in [1.807, 2.05) is 0 Å². The van der Waals surface area contributed by atoms with Crippen molar-refractivity contribution in [2.24, 2.45) is 0 Å². The van der Waals surface area contributed by atoms with Gasteiger partial charge in [0.2, 0.25) is 0 Å². The lowest BCUT2D eigenvalue weighted by Crippen LogP contribution is -2.43. The molecule has 0 aliphatic carbocycles. The molecule has 8 heteroatoms. The summed E-state index contributed by atoms with van der Waals surface area (Å²) in [5.74, 6) is -1.10. The number of rotatable bonds is 3. The lowest BCUT2D eigenvalue weighted by molar-refractivity contribution is -0.135. The summed E-state index contributed by atoms with van der Waals surface area (Å²) < 4.78 is 4.44. The number of ether oxygens (including phenoxy) is 1. The van der Waals surface area contributed by atoms with Crippen LogP contribution in [0.15, 0.2) is 0 Å². The molecule has 17 heavy (non-hydrogen) atoms. The Morgan fingerprint density at radius 2 is 2.18 bits per heavy atom. The van der Waals surface area contributed by atoms with E-state index in [1.165, 1.54) is 12.0 Å². The molecule has 1 atom stereocenters. The smallest absolute Gasteiger partial charge is 0.407 e. The third-order valence-corrected chi connectivity index (χ3v) is 2.37.